The summed E-state index contributed by atoms with van der Waals surface area (Å²) in [6, 6.07) is 7.11. The maximum atomic E-state index is 12.5. The molecule has 1 aromatic rings. The average molecular weight is 411 g/mol. The molecule has 1 aliphatic heterocycles. The lowest BCUT2D eigenvalue weighted by Crippen LogP contribution is -2.47. The minimum absolute atomic E-state index is 0.0181. The van der Waals surface area contributed by atoms with Gasteiger partial charge < -0.3 is 14.5 Å². The molecule has 1 unspecified atom stereocenters. The second-order valence-corrected chi connectivity index (χ2v) is 6.93. The molecule has 25 heavy (non-hydrogen) atoms. The van der Waals surface area contributed by atoms with Crippen LogP contribution in [0.1, 0.15) is 30.1 Å². The molecule has 1 aromatic carbocycles. The predicted molar refractivity (Wildman–Crippen MR) is 97.0 cm³/mol. The van der Waals surface area contributed by atoms with Crippen molar-refractivity contribution in [2.45, 2.75) is 19.8 Å². The van der Waals surface area contributed by atoms with Gasteiger partial charge in [0.2, 0.25) is 5.91 Å². The lowest BCUT2D eigenvalue weighted by atomic mass is 9.98. The van der Waals surface area contributed by atoms with Crippen LogP contribution in [0.25, 0.3) is 0 Å². The fourth-order valence-electron chi connectivity index (χ4n) is 2.87. The van der Waals surface area contributed by atoms with E-state index < -0.39 is 0 Å². The summed E-state index contributed by atoms with van der Waals surface area (Å²) >= 11 is 3.35. The Balaban J connectivity index is 1.95. The zero-order valence-electron chi connectivity index (χ0n) is 14.5. The third kappa shape index (κ3) is 5.04. The molecule has 1 atom stereocenters. The predicted octanol–water partition coefficient (Wildman–Crippen LogP) is 2.32. The Morgan fingerprint density at radius 2 is 2.04 bits per heavy atom. The Morgan fingerprint density at radius 1 is 1.32 bits per heavy atom. The van der Waals surface area contributed by atoms with E-state index in [-0.39, 0.29) is 30.2 Å². The maximum Gasteiger partial charge on any atom is 0.310 e. The van der Waals surface area contributed by atoms with E-state index in [0.29, 0.717) is 29.7 Å². The molecule has 0 radical (unpaired) electrons. The quantitative estimate of drug-likeness (QED) is 0.698. The fraction of sp³-hybridized carbons (Fsp3) is 0.500. The van der Waals surface area contributed by atoms with Crippen molar-refractivity contribution in [3.63, 3.8) is 0 Å². The molecule has 1 fully saturated rings. The zero-order valence-corrected chi connectivity index (χ0v) is 16.1. The number of ether oxygens (including phenoxy) is 1. The summed E-state index contributed by atoms with van der Waals surface area (Å²) in [5.74, 6) is -0.906. The van der Waals surface area contributed by atoms with Crippen molar-refractivity contribution in [3.05, 3.63) is 34.3 Å². The van der Waals surface area contributed by atoms with Crippen LogP contribution in [0.5, 0.6) is 0 Å². The van der Waals surface area contributed by atoms with Gasteiger partial charge in [0, 0.05) is 24.6 Å². The molecule has 0 aliphatic carbocycles. The van der Waals surface area contributed by atoms with Gasteiger partial charge in [0.15, 0.2) is 0 Å². The highest BCUT2D eigenvalue weighted by molar-refractivity contribution is 9.10. The number of carbonyl (C=O) groups excluding carboxylic acids is 3. The highest BCUT2D eigenvalue weighted by atomic mass is 79.9. The molecule has 2 amide bonds. The molecule has 7 heteroatoms. The van der Waals surface area contributed by atoms with Crippen molar-refractivity contribution in [2.24, 2.45) is 5.92 Å². The van der Waals surface area contributed by atoms with E-state index in [1.165, 1.54) is 4.90 Å². The van der Waals surface area contributed by atoms with Crippen LogP contribution >= 0.6 is 15.9 Å². The Hall–Kier alpha value is -1.89. The van der Waals surface area contributed by atoms with Crippen molar-refractivity contribution in [2.75, 3.05) is 33.3 Å². The van der Waals surface area contributed by atoms with Crippen molar-refractivity contribution in [1.29, 1.82) is 0 Å². The van der Waals surface area contributed by atoms with E-state index in [4.69, 9.17) is 4.74 Å². The molecule has 136 valence electrons. The SMILES string of the molecule is CCOC(=O)C1CCCN(C(=O)CN(C)C(=O)c2ccccc2Br)C1. The summed E-state index contributed by atoms with van der Waals surface area (Å²) in [6.07, 6.45) is 1.49. The van der Waals surface area contributed by atoms with Crippen LogP contribution in [0.2, 0.25) is 0 Å². The van der Waals surface area contributed by atoms with Crippen LogP contribution in [-0.2, 0) is 14.3 Å². The first-order chi connectivity index (χ1) is 11.9. The van der Waals surface area contributed by atoms with E-state index in [2.05, 4.69) is 15.9 Å². The van der Waals surface area contributed by atoms with Crippen molar-refractivity contribution < 1.29 is 19.1 Å². The number of esters is 1. The van der Waals surface area contributed by atoms with Crippen LogP contribution in [0.15, 0.2) is 28.7 Å². The van der Waals surface area contributed by atoms with E-state index >= 15 is 0 Å². The molecule has 0 bridgehead atoms. The molecule has 1 saturated heterocycles. The standard InChI is InChI=1S/C18H23BrN2O4/c1-3-25-18(24)13-7-6-10-21(11-13)16(22)12-20(2)17(23)14-8-4-5-9-15(14)19/h4-5,8-9,13H,3,6-7,10-12H2,1-2H3. The lowest BCUT2D eigenvalue weighted by molar-refractivity contribution is -0.151. The summed E-state index contributed by atoms with van der Waals surface area (Å²) in [7, 11) is 1.60. The monoisotopic (exact) mass is 410 g/mol. The van der Waals surface area contributed by atoms with Crippen LogP contribution in [0.3, 0.4) is 0 Å². The highest BCUT2D eigenvalue weighted by Crippen LogP contribution is 2.20. The van der Waals surface area contributed by atoms with Gasteiger partial charge in [-0.2, -0.15) is 0 Å². The highest BCUT2D eigenvalue weighted by Gasteiger charge is 2.30. The molecule has 0 saturated carbocycles. The smallest absolute Gasteiger partial charge is 0.310 e. The number of hydrogen-bond donors (Lipinski definition) is 0. The van der Waals surface area contributed by atoms with Gasteiger partial charge >= 0.3 is 5.97 Å². The number of rotatable bonds is 5. The Morgan fingerprint density at radius 3 is 2.72 bits per heavy atom. The molecule has 1 aliphatic rings. The molecule has 6 nitrogen and oxygen atoms in total. The number of amides is 2. The first-order valence-electron chi connectivity index (χ1n) is 8.38. The molecule has 2 rings (SSSR count). The van der Waals surface area contributed by atoms with Gasteiger partial charge in [-0.1, -0.05) is 12.1 Å². The van der Waals surface area contributed by atoms with Crippen LogP contribution < -0.4 is 0 Å². The van der Waals surface area contributed by atoms with Gasteiger partial charge in [-0.3, -0.25) is 14.4 Å². The second kappa shape index (κ2) is 8.99. The fourth-order valence-corrected chi connectivity index (χ4v) is 3.33. The van der Waals surface area contributed by atoms with E-state index in [1.54, 1.807) is 37.1 Å². The number of nitrogens with zero attached hydrogens (tertiary/aromatic N) is 2. The molecule has 0 aromatic heterocycles. The third-order valence-corrected chi connectivity index (χ3v) is 4.91. The van der Waals surface area contributed by atoms with Gasteiger partial charge in [0.1, 0.15) is 0 Å². The van der Waals surface area contributed by atoms with Gasteiger partial charge in [0.05, 0.1) is 24.6 Å². The average Bonchev–Trinajstić information content (AvgIpc) is 2.61. The Bertz CT molecular complexity index is 650. The number of likely N-dealkylation sites (tertiary alicyclic amines) is 1. The molecule has 1 heterocycles. The number of piperidine rings is 1. The van der Waals surface area contributed by atoms with Crippen molar-refractivity contribution >= 4 is 33.7 Å². The van der Waals surface area contributed by atoms with E-state index in [9.17, 15) is 14.4 Å². The molecule has 0 spiro atoms. The number of benzene rings is 1. The van der Waals surface area contributed by atoms with Gasteiger partial charge in [-0.15, -0.1) is 0 Å². The normalized spacial score (nSPS) is 17.1. The lowest BCUT2D eigenvalue weighted by Gasteiger charge is -2.32. The maximum absolute atomic E-state index is 12.5. The van der Waals surface area contributed by atoms with Crippen molar-refractivity contribution in [3.8, 4) is 0 Å². The van der Waals surface area contributed by atoms with E-state index in [0.717, 1.165) is 12.8 Å². The van der Waals surface area contributed by atoms with Gasteiger partial charge in [0.25, 0.3) is 5.91 Å². The van der Waals surface area contributed by atoms with Crippen molar-refractivity contribution in [1.82, 2.24) is 9.80 Å². The third-order valence-electron chi connectivity index (χ3n) is 4.22. The number of hydrogen-bond acceptors (Lipinski definition) is 4. The van der Waals surface area contributed by atoms with Crippen LogP contribution in [0.4, 0.5) is 0 Å². The second-order valence-electron chi connectivity index (χ2n) is 6.07. The zero-order chi connectivity index (χ0) is 18.4. The first-order valence-corrected chi connectivity index (χ1v) is 9.17. The Kier molecular flexibility index (Phi) is 6.99. The van der Waals surface area contributed by atoms with Crippen LogP contribution in [0, 0.1) is 5.92 Å². The van der Waals surface area contributed by atoms with Crippen LogP contribution in [-0.4, -0.2) is 60.9 Å². The molecule has 0 N–H and O–H groups in total. The summed E-state index contributed by atoms with van der Waals surface area (Å²) in [5.41, 5.74) is 0.515. The van der Waals surface area contributed by atoms with Gasteiger partial charge in [-0.05, 0) is 47.8 Å². The number of likely N-dealkylation sites (N-methyl/N-ethyl adjacent to an activating group) is 1. The largest absolute Gasteiger partial charge is 0.466 e. The number of carbonyl (C=O) groups is 3. The topological polar surface area (TPSA) is 66.9 Å². The summed E-state index contributed by atoms with van der Waals surface area (Å²) in [5, 5.41) is 0. The number of halogens is 1. The summed E-state index contributed by atoms with van der Waals surface area (Å²) in [4.78, 5) is 40.0. The minimum atomic E-state index is -0.276. The minimum Gasteiger partial charge on any atom is -0.466 e. The molecular formula is C18H23BrN2O4. The Labute approximate surface area is 156 Å². The van der Waals surface area contributed by atoms with E-state index in [1.807, 2.05) is 6.07 Å². The molecular weight excluding hydrogens is 388 g/mol. The first kappa shape index (κ1) is 19.4. The van der Waals surface area contributed by atoms with Gasteiger partial charge in [-0.25, -0.2) is 0 Å². The summed E-state index contributed by atoms with van der Waals surface area (Å²) in [6.45, 7) is 3.05. The summed E-state index contributed by atoms with van der Waals surface area (Å²) < 4.78 is 5.75.